The van der Waals surface area contributed by atoms with E-state index in [1.807, 2.05) is 0 Å². The number of carbonyl (C=O) groups is 2. The number of amides is 2. The Labute approximate surface area is 159 Å². The molecule has 2 aromatic carbocycles. The van der Waals surface area contributed by atoms with Crippen molar-refractivity contribution >= 4 is 40.5 Å². The highest BCUT2D eigenvalue weighted by atomic mass is 35.5. The van der Waals surface area contributed by atoms with Crippen molar-refractivity contribution in [2.45, 2.75) is 6.42 Å². The fourth-order valence-electron chi connectivity index (χ4n) is 2.94. The molecule has 1 aliphatic heterocycles. The van der Waals surface area contributed by atoms with Crippen molar-refractivity contribution in [3.05, 3.63) is 62.7 Å². The van der Waals surface area contributed by atoms with Crippen molar-refractivity contribution in [3.8, 4) is 0 Å². The van der Waals surface area contributed by atoms with E-state index in [2.05, 4.69) is 5.32 Å². The second kappa shape index (κ2) is 7.73. The average Bonchev–Trinajstić information content (AvgIpc) is 3.04. The molecule has 27 heavy (non-hydrogen) atoms. The summed E-state index contributed by atoms with van der Waals surface area (Å²) in [5.74, 6) is -0.592. The van der Waals surface area contributed by atoms with Gasteiger partial charge in [-0.1, -0.05) is 11.6 Å². The van der Waals surface area contributed by atoms with Gasteiger partial charge in [0.15, 0.2) is 0 Å². The number of anilines is 2. The third-order valence-electron chi connectivity index (χ3n) is 4.21. The third-order valence-corrected chi connectivity index (χ3v) is 4.52. The minimum atomic E-state index is -0.579. The lowest BCUT2D eigenvalue weighted by atomic mass is 10.1. The standard InChI is InChI=1S/C18H16ClN3O5/c1-27-10-17(23)21-7-6-11-8-12(2-5-16(11)21)20-18(24)14-4-3-13(22(25)26)9-15(14)19/h2-5,8-9H,6-7,10H2,1H3,(H,20,24). The number of nitro groups is 1. The first-order valence-electron chi connectivity index (χ1n) is 8.08. The predicted octanol–water partition coefficient (Wildman–Crippen LogP) is 3.04. The number of fused-ring (bicyclic) bond motifs is 1. The smallest absolute Gasteiger partial charge is 0.270 e. The number of nitrogens with zero attached hydrogens (tertiary/aromatic N) is 2. The van der Waals surface area contributed by atoms with Gasteiger partial charge in [-0.15, -0.1) is 0 Å². The number of nitrogens with one attached hydrogen (secondary N) is 1. The number of ether oxygens (including phenoxy) is 1. The Hall–Kier alpha value is -2.97. The highest BCUT2D eigenvalue weighted by molar-refractivity contribution is 6.34. The lowest BCUT2D eigenvalue weighted by molar-refractivity contribution is -0.384. The maximum Gasteiger partial charge on any atom is 0.270 e. The van der Waals surface area contributed by atoms with E-state index < -0.39 is 10.8 Å². The molecule has 0 unspecified atom stereocenters. The number of non-ortho nitro benzene ring substituents is 1. The molecule has 3 rings (SSSR count). The Bertz CT molecular complexity index is 931. The van der Waals surface area contributed by atoms with Gasteiger partial charge in [0.25, 0.3) is 17.5 Å². The zero-order chi connectivity index (χ0) is 19.6. The molecule has 0 fully saturated rings. The van der Waals surface area contributed by atoms with Crippen LogP contribution in [0.4, 0.5) is 17.1 Å². The van der Waals surface area contributed by atoms with Crippen molar-refractivity contribution in [1.82, 2.24) is 0 Å². The molecule has 9 heteroatoms. The van der Waals surface area contributed by atoms with Crippen LogP contribution in [-0.2, 0) is 16.0 Å². The lowest BCUT2D eigenvalue weighted by Crippen LogP contribution is -2.31. The molecule has 0 radical (unpaired) electrons. The summed E-state index contributed by atoms with van der Waals surface area (Å²) in [6.07, 6.45) is 0.673. The molecular weight excluding hydrogens is 374 g/mol. The summed E-state index contributed by atoms with van der Waals surface area (Å²) in [5, 5.41) is 13.5. The van der Waals surface area contributed by atoms with E-state index in [9.17, 15) is 19.7 Å². The van der Waals surface area contributed by atoms with Crippen molar-refractivity contribution in [2.75, 3.05) is 30.5 Å². The van der Waals surface area contributed by atoms with Gasteiger partial charge < -0.3 is 15.0 Å². The second-order valence-electron chi connectivity index (χ2n) is 5.95. The van der Waals surface area contributed by atoms with E-state index >= 15 is 0 Å². The number of rotatable bonds is 5. The van der Waals surface area contributed by atoms with Crippen LogP contribution in [0.15, 0.2) is 36.4 Å². The molecule has 1 heterocycles. The van der Waals surface area contributed by atoms with Crippen LogP contribution < -0.4 is 10.2 Å². The predicted molar refractivity (Wildman–Crippen MR) is 100 cm³/mol. The Morgan fingerprint density at radius 1 is 1.30 bits per heavy atom. The summed E-state index contributed by atoms with van der Waals surface area (Å²) in [7, 11) is 1.47. The van der Waals surface area contributed by atoms with Gasteiger partial charge in [-0.3, -0.25) is 19.7 Å². The van der Waals surface area contributed by atoms with Crippen LogP contribution in [0.5, 0.6) is 0 Å². The molecule has 0 saturated heterocycles. The highest BCUT2D eigenvalue weighted by Gasteiger charge is 2.25. The van der Waals surface area contributed by atoms with Gasteiger partial charge in [-0.25, -0.2) is 0 Å². The molecule has 140 valence electrons. The number of hydrogen-bond donors (Lipinski definition) is 1. The molecule has 0 spiro atoms. The summed E-state index contributed by atoms with van der Waals surface area (Å²) in [5.41, 5.74) is 2.24. The van der Waals surface area contributed by atoms with E-state index in [4.69, 9.17) is 16.3 Å². The molecule has 0 bridgehead atoms. The number of hydrogen-bond acceptors (Lipinski definition) is 5. The van der Waals surface area contributed by atoms with Crippen LogP contribution in [-0.4, -0.2) is 37.0 Å². The van der Waals surface area contributed by atoms with Crippen LogP contribution in [0, 0.1) is 10.1 Å². The quantitative estimate of drug-likeness (QED) is 0.625. The van der Waals surface area contributed by atoms with Gasteiger partial charge >= 0.3 is 0 Å². The van der Waals surface area contributed by atoms with Crippen molar-refractivity contribution in [3.63, 3.8) is 0 Å². The molecule has 2 amide bonds. The number of nitro benzene ring substituents is 1. The van der Waals surface area contributed by atoms with Gasteiger partial charge in [0.2, 0.25) is 0 Å². The molecule has 2 aromatic rings. The maximum atomic E-state index is 12.4. The number of methoxy groups -OCH3 is 1. The van der Waals surface area contributed by atoms with Crippen LogP contribution in [0.25, 0.3) is 0 Å². The van der Waals surface area contributed by atoms with E-state index in [0.717, 1.165) is 17.3 Å². The Morgan fingerprint density at radius 2 is 2.07 bits per heavy atom. The fourth-order valence-corrected chi connectivity index (χ4v) is 3.20. The van der Waals surface area contributed by atoms with E-state index in [1.165, 1.54) is 19.2 Å². The lowest BCUT2D eigenvalue weighted by Gasteiger charge is -2.17. The number of carbonyl (C=O) groups excluding carboxylic acids is 2. The first-order valence-corrected chi connectivity index (χ1v) is 8.46. The fraction of sp³-hybridized carbons (Fsp3) is 0.222. The van der Waals surface area contributed by atoms with Gasteiger partial charge in [-0.2, -0.15) is 0 Å². The van der Waals surface area contributed by atoms with E-state index in [-0.39, 0.29) is 28.8 Å². The number of benzene rings is 2. The zero-order valence-corrected chi connectivity index (χ0v) is 15.2. The first kappa shape index (κ1) is 18.8. The Morgan fingerprint density at radius 3 is 2.74 bits per heavy atom. The zero-order valence-electron chi connectivity index (χ0n) is 14.4. The van der Waals surface area contributed by atoms with Crippen LogP contribution in [0.3, 0.4) is 0 Å². The van der Waals surface area contributed by atoms with Gasteiger partial charge in [0.1, 0.15) is 6.61 Å². The third kappa shape index (κ3) is 3.91. The summed E-state index contributed by atoms with van der Waals surface area (Å²) >= 11 is 5.99. The summed E-state index contributed by atoms with van der Waals surface area (Å²) in [6, 6.07) is 8.93. The summed E-state index contributed by atoms with van der Waals surface area (Å²) in [6.45, 7) is 0.569. The minimum Gasteiger partial charge on any atom is -0.375 e. The topological polar surface area (TPSA) is 102 Å². The molecule has 0 aromatic heterocycles. The van der Waals surface area contributed by atoms with Gasteiger partial charge in [0.05, 0.1) is 15.5 Å². The van der Waals surface area contributed by atoms with Crippen LogP contribution >= 0.6 is 11.6 Å². The van der Waals surface area contributed by atoms with Crippen molar-refractivity contribution in [2.24, 2.45) is 0 Å². The maximum absolute atomic E-state index is 12.4. The van der Waals surface area contributed by atoms with E-state index in [0.29, 0.717) is 18.7 Å². The monoisotopic (exact) mass is 389 g/mol. The highest BCUT2D eigenvalue weighted by Crippen LogP contribution is 2.31. The molecule has 1 N–H and O–H groups in total. The van der Waals surface area contributed by atoms with Crippen LogP contribution in [0.1, 0.15) is 15.9 Å². The summed E-state index contributed by atoms with van der Waals surface area (Å²) in [4.78, 5) is 36.3. The largest absolute Gasteiger partial charge is 0.375 e. The SMILES string of the molecule is COCC(=O)N1CCc2cc(NC(=O)c3ccc([N+](=O)[O-])cc3Cl)ccc21. The normalized spacial score (nSPS) is 12.6. The van der Waals surface area contributed by atoms with Gasteiger partial charge in [-0.05, 0) is 36.2 Å². The Kier molecular flexibility index (Phi) is 5.38. The molecule has 1 aliphatic rings. The van der Waals surface area contributed by atoms with E-state index in [1.54, 1.807) is 23.1 Å². The van der Waals surface area contributed by atoms with Crippen LogP contribution in [0.2, 0.25) is 5.02 Å². The van der Waals surface area contributed by atoms with Crippen molar-refractivity contribution < 1.29 is 19.2 Å². The molecule has 8 nitrogen and oxygen atoms in total. The number of halogens is 1. The second-order valence-corrected chi connectivity index (χ2v) is 6.35. The molecular formula is C18H16ClN3O5. The average molecular weight is 390 g/mol. The molecule has 0 aliphatic carbocycles. The minimum absolute atomic E-state index is 0.000743. The summed E-state index contributed by atoms with van der Waals surface area (Å²) < 4.78 is 4.89. The Balaban J connectivity index is 1.77. The molecule has 0 atom stereocenters. The van der Waals surface area contributed by atoms with Crippen molar-refractivity contribution in [1.29, 1.82) is 0 Å². The first-order chi connectivity index (χ1) is 12.9. The van der Waals surface area contributed by atoms with Gasteiger partial charge in [0, 0.05) is 37.2 Å². The molecule has 0 saturated carbocycles.